The Labute approximate surface area is 164 Å². The lowest BCUT2D eigenvalue weighted by Crippen LogP contribution is -2.17. The molecule has 27 heavy (non-hydrogen) atoms. The van der Waals surface area contributed by atoms with Crippen LogP contribution < -0.4 is 11.1 Å². The molecule has 140 valence electrons. The third-order valence-corrected chi connectivity index (χ3v) is 5.46. The van der Waals surface area contributed by atoms with Gasteiger partial charge in [0.05, 0.1) is 11.3 Å². The van der Waals surface area contributed by atoms with Gasteiger partial charge in [0.25, 0.3) is 11.1 Å². The lowest BCUT2D eigenvalue weighted by Gasteiger charge is -2.08. The fraction of sp³-hybridized carbons (Fsp3) is 0.222. The van der Waals surface area contributed by atoms with Crippen LogP contribution in [0.2, 0.25) is 0 Å². The average Bonchev–Trinajstić information content (AvgIpc) is 3.30. The number of nitrogens with one attached hydrogen (secondary N) is 1. The molecule has 2 amide bonds. The van der Waals surface area contributed by atoms with Crippen molar-refractivity contribution in [1.82, 2.24) is 10.2 Å². The minimum absolute atomic E-state index is 0.0893. The average molecular weight is 403 g/mol. The van der Waals surface area contributed by atoms with Crippen molar-refractivity contribution in [1.29, 1.82) is 0 Å². The second-order valence-corrected chi connectivity index (χ2v) is 7.68. The van der Waals surface area contributed by atoms with Crippen molar-refractivity contribution < 1.29 is 14.0 Å². The molecule has 7 nitrogen and oxygen atoms in total. The third kappa shape index (κ3) is 5.18. The minimum atomic E-state index is -0.576. The number of aromatic nitrogens is 2. The maximum absolute atomic E-state index is 12.1. The van der Waals surface area contributed by atoms with Gasteiger partial charge in [-0.05, 0) is 22.9 Å². The first-order chi connectivity index (χ1) is 13.0. The number of amides is 2. The monoisotopic (exact) mass is 402 g/mol. The number of hydrogen-bond acceptors (Lipinski definition) is 7. The maximum Gasteiger partial charge on any atom is 0.277 e. The zero-order valence-corrected chi connectivity index (χ0v) is 16.2. The van der Waals surface area contributed by atoms with Crippen molar-refractivity contribution in [3.8, 4) is 0 Å². The molecule has 0 fully saturated rings. The molecular weight excluding hydrogens is 384 g/mol. The standard InChI is InChI=1S/C18H18N4O3S2/c1-11(12-5-3-2-4-6-12)9-15-21-22-18(25-15)27-10-14(23)20-17-13(16(19)24)7-8-26-17/h2-8,11H,9-10H2,1H3,(H2,19,24)(H,20,23). The Hall–Kier alpha value is -2.65. The van der Waals surface area contributed by atoms with Gasteiger partial charge in [0.15, 0.2) is 0 Å². The predicted molar refractivity (Wildman–Crippen MR) is 105 cm³/mol. The van der Waals surface area contributed by atoms with Crippen molar-refractivity contribution in [2.45, 2.75) is 24.5 Å². The van der Waals surface area contributed by atoms with Gasteiger partial charge in [0, 0.05) is 6.42 Å². The Balaban J connectivity index is 1.51. The van der Waals surface area contributed by atoms with Crippen LogP contribution in [0, 0.1) is 0 Å². The summed E-state index contributed by atoms with van der Waals surface area (Å²) in [6.45, 7) is 2.09. The van der Waals surface area contributed by atoms with E-state index in [9.17, 15) is 9.59 Å². The van der Waals surface area contributed by atoms with E-state index in [-0.39, 0.29) is 17.6 Å². The van der Waals surface area contributed by atoms with E-state index in [1.165, 1.54) is 16.9 Å². The Morgan fingerprint density at radius 3 is 2.78 bits per heavy atom. The zero-order chi connectivity index (χ0) is 19.2. The van der Waals surface area contributed by atoms with Crippen LogP contribution in [-0.4, -0.2) is 27.8 Å². The third-order valence-electron chi connectivity index (χ3n) is 3.81. The number of nitrogens with zero attached hydrogens (tertiary/aromatic N) is 2. The summed E-state index contributed by atoms with van der Waals surface area (Å²) in [5.41, 5.74) is 6.76. The number of thioether (sulfide) groups is 1. The predicted octanol–water partition coefficient (Wildman–Crippen LogP) is 3.31. The first-order valence-electron chi connectivity index (χ1n) is 8.20. The largest absolute Gasteiger partial charge is 0.416 e. The molecule has 1 unspecified atom stereocenters. The van der Waals surface area contributed by atoms with Crippen LogP contribution in [0.3, 0.4) is 0 Å². The minimum Gasteiger partial charge on any atom is -0.416 e. The number of carbonyl (C=O) groups excluding carboxylic acids is 2. The van der Waals surface area contributed by atoms with Crippen LogP contribution in [0.4, 0.5) is 5.00 Å². The Morgan fingerprint density at radius 1 is 1.26 bits per heavy atom. The van der Waals surface area contributed by atoms with Crippen molar-refractivity contribution in [2.75, 3.05) is 11.1 Å². The molecule has 0 aliphatic rings. The van der Waals surface area contributed by atoms with Crippen LogP contribution in [0.15, 0.2) is 51.4 Å². The summed E-state index contributed by atoms with van der Waals surface area (Å²) in [6, 6.07) is 11.7. The molecule has 2 heterocycles. The number of benzene rings is 1. The van der Waals surface area contributed by atoms with Gasteiger partial charge in [-0.3, -0.25) is 9.59 Å². The van der Waals surface area contributed by atoms with Crippen LogP contribution in [0.5, 0.6) is 0 Å². The summed E-state index contributed by atoms with van der Waals surface area (Å²) in [6.07, 6.45) is 0.626. The fourth-order valence-electron chi connectivity index (χ4n) is 2.43. The van der Waals surface area contributed by atoms with Gasteiger partial charge in [0.2, 0.25) is 11.8 Å². The lowest BCUT2D eigenvalue weighted by molar-refractivity contribution is -0.113. The molecule has 0 saturated carbocycles. The van der Waals surface area contributed by atoms with E-state index < -0.39 is 5.91 Å². The second kappa shape index (κ2) is 8.83. The number of thiophene rings is 1. The van der Waals surface area contributed by atoms with Crippen LogP contribution in [0.1, 0.15) is 34.7 Å². The van der Waals surface area contributed by atoms with Gasteiger partial charge in [-0.15, -0.1) is 21.5 Å². The summed E-state index contributed by atoms with van der Waals surface area (Å²) >= 11 is 2.39. The lowest BCUT2D eigenvalue weighted by atomic mass is 9.98. The van der Waals surface area contributed by atoms with E-state index >= 15 is 0 Å². The molecule has 0 aliphatic carbocycles. The van der Waals surface area contributed by atoms with Gasteiger partial charge in [-0.2, -0.15) is 0 Å². The molecule has 3 N–H and O–H groups in total. The van der Waals surface area contributed by atoms with E-state index in [0.717, 1.165) is 11.8 Å². The molecule has 0 bridgehead atoms. The molecule has 3 aromatic rings. The Bertz CT molecular complexity index is 924. The topological polar surface area (TPSA) is 111 Å². The molecule has 1 atom stereocenters. The van der Waals surface area contributed by atoms with Gasteiger partial charge in [-0.1, -0.05) is 49.0 Å². The second-order valence-electron chi connectivity index (χ2n) is 5.84. The van der Waals surface area contributed by atoms with Crippen molar-refractivity contribution in [3.05, 3.63) is 58.8 Å². The quantitative estimate of drug-likeness (QED) is 0.559. The number of anilines is 1. The first-order valence-corrected chi connectivity index (χ1v) is 10.1. The van der Waals surface area contributed by atoms with Crippen LogP contribution >= 0.6 is 23.1 Å². The molecule has 3 rings (SSSR count). The number of nitrogens with two attached hydrogens (primary N) is 1. The van der Waals surface area contributed by atoms with Crippen molar-refractivity contribution in [2.24, 2.45) is 5.73 Å². The molecule has 0 spiro atoms. The Morgan fingerprint density at radius 2 is 2.04 bits per heavy atom. The summed E-state index contributed by atoms with van der Waals surface area (Å²) in [4.78, 5) is 23.3. The number of primary amides is 1. The molecule has 2 aromatic heterocycles. The van der Waals surface area contributed by atoms with Crippen molar-refractivity contribution in [3.63, 3.8) is 0 Å². The van der Waals surface area contributed by atoms with E-state index in [1.807, 2.05) is 18.2 Å². The highest BCUT2D eigenvalue weighted by atomic mass is 32.2. The normalized spacial score (nSPS) is 11.9. The summed E-state index contributed by atoms with van der Waals surface area (Å²) in [5, 5.41) is 13.2. The van der Waals surface area contributed by atoms with Gasteiger partial charge < -0.3 is 15.5 Å². The molecule has 1 aromatic carbocycles. The molecule has 0 saturated heterocycles. The highest BCUT2D eigenvalue weighted by molar-refractivity contribution is 7.99. The van der Waals surface area contributed by atoms with Crippen LogP contribution in [0.25, 0.3) is 0 Å². The van der Waals surface area contributed by atoms with Gasteiger partial charge in [0.1, 0.15) is 5.00 Å². The van der Waals surface area contributed by atoms with E-state index in [0.29, 0.717) is 28.1 Å². The number of hydrogen-bond donors (Lipinski definition) is 2. The molecule has 9 heteroatoms. The molecular formula is C18H18N4O3S2. The Kier molecular flexibility index (Phi) is 6.25. The van der Waals surface area contributed by atoms with Crippen LogP contribution in [-0.2, 0) is 11.2 Å². The van der Waals surface area contributed by atoms with Gasteiger partial charge in [-0.25, -0.2) is 0 Å². The zero-order valence-electron chi connectivity index (χ0n) is 14.5. The summed E-state index contributed by atoms with van der Waals surface area (Å²) in [5.74, 6) is 0.0180. The summed E-state index contributed by atoms with van der Waals surface area (Å²) in [7, 11) is 0. The maximum atomic E-state index is 12.1. The summed E-state index contributed by atoms with van der Waals surface area (Å²) < 4.78 is 5.61. The highest BCUT2D eigenvalue weighted by Crippen LogP contribution is 2.25. The fourth-order valence-corrected chi connectivity index (χ4v) is 3.82. The van der Waals surface area contributed by atoms with E-state index in [4.69, 9.17) is 10.2 Å². The van der Waals surface area contributed by atoms with E-state index in [1.54, 1.807) is 11.4 Å². The molecule has 0 radical (unpaired) electrons. The van der Waals surface area contributed by atoms with Gasteiger partial charge >= 0.3 is 0 Å². The molecule has 0 aliphatic heterocycles. The SMILES string of the molecule is CC(Cc1nnc(SCC(=O)Nc2sccc2C(N)=O)o1)c1ccccc1. The highest BCUT2D eigenvalue weighted by Gasteiger charge is 2.15. The first kappa shape index (κ1) is 19.1. The number of carbonyl (C=O) groups is 2. The number of rotatable bonds is 8. The van der Waals surface area contributed by atoms with E-state index in [2.05, 4.69) is 34.6 Å². The van der Waals surface area contributed by atoms with Crippen molar-refractivity contribution >= 4 is 39.9 Å². The smallest absolute Gasteiger partial charge is 0.277 e.